The summed E-state index contributed by atoms with van der Waals surface area (Å²) in [6, 6.07) is 0. The number of hydrogen-bond donors (Lipinski definition) is 0. The van der Waals surface area contributed by atoms with Crippen LogP contribution in [0.2, 0.25) is 0 Å². The standard InChI is InChI=1S/4BF4.H2O.Zn/c4*2-1(3,4)5;;/h;;;;1H2;/q4*-1;;. The third-order valence-corrected chi connectivity index (χ3v) is 0. The second-order valence-corrected chi connectivity index (χ2v) is 1.98. The summed E-state index contributed by atoms with van der Waals surface area (Å²) < 4.78 is 156. The molecule has 1 nitrogen and oxygen atoms in total. The van der Waals surface area contributed by atoms with E-state index in [9.17, 15) is 69.1 Å². The van der Waals surface area contributed by atoms with E-state index in [1.165, 1.54) is 0 Å². The molecule has 0 radical (unpaired) electrons. The normalized spacial score (nSPS) is 10.9. The Morgan fingerprint density at radius 2 is 0.273 bits per heavy atom. The van der Waals surface area contributed by atoms with Crippen LogP contribution in [0.4, 0.5) is 69.1 Å². The van der Waals surface area contributed by atoms with E-state index >= 15 is 0 Å². The van der Waals surface area contributed by atoms with Gasteiger partial charge in [-0.15, -0.1) is 0 Å². The molecular formula is H2B4F16OZn-4. The maximum Gasteiger partial charge on any atom is 0.673 e. The molecule has 0 atom stereocenters. The van der Waals surface area contributed by atoms with Crippen molar-refractivity contribution in [2.24, 2.45) is 0 Å². The van der Waals surface area contributed by atoms with Crippen LogP contribution in [0, 0.1) is 0 Å². The van der Waals surface area contributed by atoms with Crippen LogP contribution in [0.25, 0.3) is 0 Å². The fraction of sp³-hybridized carbons (Fsp3) is 0. The molecule has 0 aromatic rings. The van der Waals surface area contributed by atoms with Crippen LogP contribution in [-0.2, 0) is 19.5 Å². The first kappa shape index (κ1) is 37.7. The Kier molecular flexibility index (Phi) is 24.6. The predicted molar refractivity (Wildman–Crippen MR) is 44.4 cm³/mol. The van der Waals surface area contributed by atoms with Gasteiger partial charge in [0.15, 0.2) is 0 Å². The summed E-state index contributed by atoms with van der Waals surface area (Å²) in [4.78, 5) is 0. The smallest absolute Gasteiger partial charge is 0.418 e. The number of rotatable bonds is 0. The molecule has 0 aromatic heterocycles. The van der Waals surface area contributed by atoms with Crippen molar-refractivity contribution < 1.29 is 94.0 Å². The maximum absolute atomic E-state index is 9.75. The van der Waals surface area contributed by atoms with Crippen molar-refractivity contribution in [2.75, 3.05) is 0 Å². The first-order chi connectivity index (χ1) is 8.00. The van der Waals surface area contributed by atoms with E-state index in [4.69, 9.17) is 0 Å². The van der Waals surface area contributed by atoms with Crippen LogP contribution in [0.3, 0.4) is 0 Å². The quantitative estimate of drug-likeness (QED) is 0.404. The van der Waals surface area contributed by atoms with Gasteiger partial charge in [-0.3, -0.25) is 0 Å². The largest absolute Gasteiger partial charge is 0.673 e. The Morgan fingerprint density at radius 1 is 0.273 bits per heavy atom. The van der Waals surface area contributed by atoms with Gasteiger partial charge >= 0.3 is 29.0 Å². The second-order valence-electron chi connectivity index (χ2n) is 1.98. The molecule has 0 bridgehead atoms. The van der Waals surface area contributed by atoms with Crippen molar-refractivity contribution in [3.8, 4) is 0 Å². The minimum atomic E-state index is -6.00. The van der Waals surface area contributed by atoms with Crippen LogP contribution in [0.5, 0.6) is 0 Å². The van der Waals surface area contributed by atoms with Crippen molar-refractivity contribution >= 4 is 29.0 Å². The molecule has 2 N–H and O–H groups in total. The molecule has 0 aliphatic rings. The fourth-order valence-electron chi connectivity index (χ4n) is 0. The van der Waals surface area contributed by atoms with Crippen molar-refractivity contribution in [3.05, 3.63) is 0 Å². The SMILES string of the molecule is F[B-](F)(F)F.F[B-](F)(F)F.F[B-](F)(F)F.F[B-](F)(F)F.O.[Zn]. The zero-order valence-corrected chi connectivity index (χ0v) is 12.5. The average Bonchev–Trinajstić information content (AvgIpc) is 1.62. The molecule has 0 fully saturated rings. The molecule has 0 amide bonds. The predicted octanol–water partition coefficient (Wildman–Crippen LogP) is 4.37. The third-order valence-electron chi connectivity index (χ3n) is 0. The summed E-state index contributed by atoms with van der Waals surface area (Å²) in [5.74, 6) is 0. The summed E-state index contributed by atoms with van der Waals surface area (Å²) in [7, 11) is -24.0. The van der Waals surface area contributed by atoms with E-state index in [2.05, 4.69) is 0 Å². The van der Waals surface area contributed by atoms with E-state index in [1.807, 2.05) is 0 Å². The zero-order valence-electron chi connectivity index (χ0n) is 9.56. The Morgan fingerprint density at radius 3 is 0.273 bits per heavy atom. The van der Waals surface area contributed by atoms with E-state index in [1.54, 1.807) is 0 Å². The van der Waals surface area contributed by atoms with Gasteiger partial charge in [-0.1, -0.05) is 0 Å². The van der Waals surface area contributed by atoms with E-state index in [0.29, 0.717) is 0 Å². The maximum atomic E-state index is 9.75. The third kappa shape index (κ3) is 90200. The minimum absolute atomic E-state index is 0. The molecule has 0 saturated carbocycles. The van der Waals surface area contributed by atoms with Gasteiger partial charge in [0.2, 0.25) is 0 Å². The number of halogens is 16. The van der Waals surface area contributed by atoms with Gasteiger partial charge < -0.3 is 74.5 Å². The first-order valence-corrected chi connectivity index (χ1v) is 3.49. The van der Waals surface area contributed by atoms with Crippen LogP contribution < -0.4 is 0 Å². The summed E-state index contributed by atoms with van der Waals surface area (Å²) in [5, 5.41) is 0. The molecule has 0 aliphatic heterocycles. The van der Waals surface area contributed by atoms with Gasteiger partial charge in [-0.2, -0.15) is 0 Å². The molecule has 0 rings (SSSR count). The molecule has 22 heteroatoms. The monoisotopic (exact) mass is 430 g/mol. The van der Waals surface area contributed by atoms with Crippen LogP contribution in [0.1, 0.15) is 0 Å². The Balaban J connectivity index is -0.0000000376. The van der Waals surface area contributed by atoms with Crippen molar-refractivity contribution in [1.82, 2.24) is 0 Å². The Bertz CT molecular complexity index is 136. The minimum Gasteiger partial charge on any atom is -0.418 e. The summed E-state index contributed by atoms with van der Waals surface area (Å²) >= 11 is 0. The first-order valence-electron chi connectivity index (χ1n) is 3.49. The summed E-state index contributed by atoms with van der Waals surface area (Å²) in [6.45, 7) is 0. The van der Waals surface area contributed by atoms with Crippen molar-refractivity contribution in [2.45, 2.75) is 0 Å². The van der Waals surface area contributed by atoms with Crippen molar-refractivity contribution in [3.63, 3.8) is 0 Å². The second kappa shape index (κ2) is 14.3. The van der Waals surface area contributed by atoms with Gasteiger partial charge in [0, 0.05) is 19.5 Å². The number of hydrogen-bond acceptors (Lipinski definition) is 0. The van der Waals surface area contributed by atoms with E-state index in [-0.39, 0.29) is 25.0 Å². The Labute approximate surface area is 124 Å². The van der Waals surface area contributed by atoms with Crippen molar-refractivity contribution in [1.29, 1.82) is 0 Å². The molecule has 0 heterocycles. The van der Waals surface area contributed by atoms with E-state index in [0.717, 1.165) is 0 Å². The zero-order chi connectivity index (χ0) is 18.0. The molecule has 0 aromatic carbocycles. The summed E-state index contributed by atoms with van der Waals surface area (Å²) in [5.41, 5.74) is 0. The summed E-state index contributed by atoms with van der Waals surface area (Å²) in [6.07, 6.45) is 0. The Hall–Kier alpha value is -0.277. The van der Waals surface area contributed by atoms with Gasteiger partial charge in [-0.05, 0) is 0 Å². The van der Waals surface area contributed by atoms with Gasteiger partial charge in [0.1, 0.15) is 0 Å². The average molecular weight is 431 g/mol. The molecule has 0 aliphatic carbocycles. The molecule has 0 saturated heterocycles. The molecular weight excluding hydrogens is 429 g/mol. The molecule has 22 heavy (non-hydrogen) atoms. The molecule has 0 spiro atoms. The molecule has 0 unspecified atom stereocenters. The van der Waals surface area contributed by atoms with E-state index < -0.39 is 29.0 Å². The van der Waals surface area contributed by atoms with Gasteiger partial charge in [-0.25, -0.2) is 0 Å². The van der Waals surface area contributed by atoms with Gasteiger partial charge in [0.25, 0.3) is 0 Å². The van der Waals surface area contributed by atoms with Gasteiger partial charge in [0.05, 0.1) is 0 Å². The fourth-order valence-corrected chi connectivity index (χ4v) is 0. The van der Waals surface area contributed by atoms with Crippen LogP contribution >= 0.6 is 0 Å². The molecule has 138 valence electrons. The topological polar surface area (TPSA) is 31.5 Å². The van der Waals surface area contributed by atoms with Crippen LogP contribution in [0.15, 0.2) is 0 Å². The van der Waals surface area contributed by atoms with Crippen LogP contribution in [-0.4, -0.2) is 34.5 Å².